The molecule has 1 heterocycles. The third-order valence-corrected chi connectivity index (χ3v) is 4.74. The lowest BCUT2D eigenvalue weighted by atomic mass is 9.58. The molecule has 88 valence electrons. The molecule has 0 aromatic carbocycles. The van der Waals surface area contributed by atoms with Gasteiger partial charge in [0.2, 0.25) is 0 Å². The van der Waals surface area contributed by atoms with Crippen LogP contribution in [-0.4, -0.2) is 17.9 Å². The highest BCUT2D eigenvalue weighted by atomic mass is 16.7. The van der Waals surface area contributed by atoms with Gasteiger partial charge in [-0.05, 0) is 20.8 Å². The molecule has 0 aromatic heterocycles. The van der Waals surface area contributed by atoms with Gasteiger partial charge in [-0.2, -0.15) is 0 Å². The Hall–Kier alpha value is -0.730. The van der Waals surface area contributed by atoms with Gasteiger partial charge >= 0.3 is 6.16 Å². The Morgan fingerprint density at radius 1 is 1.07 bits per heavy atom. The molecule has 0 bridgehead atoms. The second-order valence-corrected chi connectivity index (χ2v) is 5.97. The van der Waals surface area contributed by atoms with Crippen LogP contribution in [0, 0.1) is 10.8 Å². The van der Waals surface area contributed by atoms with Crippen LogP contribution in [0.2, 0.25) is 0 Å². The Kier molecular flexibility index (Phi) is 2.57. The normalized spacial score (nSPS) is 32.5. The second-order valence-electron chi connectivity index (χ2n) is 5.97. The topological polar surface area (TPSA) is 35.5 Å². The Morgan fingerprint density at radius 3 is 2.00 bits per heavy atom. The monoisotopic (exact) mass is 214 g/mol. The predicted octanol–water partition coefficient (Wildman–Crippen LogP) is 3.37. The van der Waals surface area contributed by atoms with Crippen LogP contribution in [-0.2, 0) is 9.47 Å². The van der Waals surface area contributed by atoms with Gasteiger partial charge in [-0.15, -0.1) is 0 Å². The van der Waals surface area contributed by atoms with E-state index in [9.17, 15) is 4.79 Å². The van der Waals surface area contributed by atoms with E-state index in [2.05, 4.69) is 27.7 Å². The summed E-state index contributed by atoms with van der Waals surface area (Å²) in [5.41, 5.74) is -0.827. The molecule has 1 saturated heterocycles. The summed E-state index contributed by atoms with van der Waals surface area (Å²) in [6.07, 6.45) is -0.715. The van der Waals surface area contributed by atoms with Crippen molar-refractivity contribution in [3.8, 4) is 0 Å². The van der Waals surface area contributed by atoms with Gasteiger partial charge in [-0.3, -0.25) is 0 Å². The molecule has 1 atom stereocenters. The van der Waals surface area contributed by atoms with Crippen molar-refractivity contribution in [2.24, 2.45) is 10.8 Å². The molecule has 0 radical (unpaired) electrons. The van der Waals surface area contributed by atoms with E-state index in [4.69, 9.17) is 9.47 Å². The lowest BCUT2D eigenvalue weighted by molar-refractivity contribution is -0.0941. The van der Waals surface area contributed by atoms with Crippen molar-refractivity contribution in [3.63, 3.8) is 0 Å². The molecular formula is C12H22O3. The molecule has 15 heavy (non-hydrogen) atoms. The number of rotatable bonds is 0. The molecule has 0 aliphatic carbocycles. The van der Waals surface area contributed by atoms with Crippen LogP contribution in [0.3, 0.4) is 0 Å². The molecule has 1 unspecified atom stereocenters. The fourth-order valence-electron chi connectivity index (χ4n) is 1.94. The third kappa shape index (κ3) is 1.62. The van der Waals surface area contributed by atoms with Gasteiger partial charge in [0.1, 0.15) is 11.7 Å². The first-order valence-electron chi connectivity index (χ1n) is 5.42. The van der Waals surface area contributed by atoms with E-state index in [0.29, 0.717) is 0 Å². The molecule has 3 heteroatoms. The molecule has 0 aromatic rings. The van der Waals surface area contributed by atoms with E-state index < -0.39 is 11.8 Å². The Bertz CT molecular complexity index is 277. The molecule has 1 aliphatic rings. The number of hydrogen-bond donors (Lipinski definition) is 0. The van der Waals surface area contributed by atoms with Crippen molar-refractivity contribution in [1.82, 2.24) is 0 Å². The van der Waals surface area contributed by atoms with Crippen molar-refractivity contribution in [3.05, 3.63) is 0 Å². The fraction of sp³-hybridized carbons (Fsp3) is 0.917. The zero-order valence-electron chi connectivity index (χ0n) is 10.8. The van der Waals surface area contributed by atoms with Crippen LogP contribution in [0.1, 0.15) is 48.5 Å². The fourth-order valence-corrected chi connectivity index (χ4v) is 1.94. The standard InChI is InChI=1S/C12H22O3/c1-8-10(2,3)11(4,5)12(6,7)15-9(13)14-8/h8H,1-7H3. The van der Waals surface area contributed by atoms with E-state index in [-0.39, 0.29) is 16.9 Å². The van der Waals surface area contributed by atoms with E-state index in [1.807, 2.05) is 20.8 Å². The van der Waals surface area contributed by atoms with Gasteiger partial charge in [-0.25, -0.2) is 4.79 Å². The number of cyclic esters (lactones) is 2. The zero-order chi connectivity index (χ0) is 12.1. The van der Waals surface area contributed by atoms with Crippen LogP contribution < -0.4 is 0 Å². The molecule has 1 aliphatic heterocycles. The minimum absolute atomic E-state index is 0.136. The van der Waals surface area contributed by atoms with Crippen LogP contribution in [0.4, 0.5) is 4.79 Å². The maximum atomic E-state index is 11.4. The molecule has 3 nitrogen and oxygen atoms in total. The van der Waals surface area contributed by atoms with Crippen molar-refractivity contribution in [2.45, 2.75) is 60.2 Å². The number of carbonyl (C=O) groups is 1. The van der Waals surface area contributed by atoms with Crippen LogP contribution in [0.15, 0.2) is 0 Å². The molecule has 0 N–H and O–H groups in total. The number of carbonyl (C=O) groups excluding carboxylic acids is 1. The summed E-state index contributed by atoms with van der Waals surface area (Å²) in [7, 11) is 0. The first-order chi connectivity index (χ1) is 6.52. The van der Waals surface area contributed by atoms with Gasteiger partial charge in [0, 0.05) is 10.8 Å². The number of hydrogen-bond acceptors (Lipinski definition) is 3. The summed E-state index contributed by atoms with van der Waals surface area (Å²) in [5.74, 6) is 0. The van der Waals surface area contributed by atoms with Gasteiger partial charge in [-0.1, -0.05) is 27.7 Å². The summed E-state index contributed by atoms with van der Waals surface area (Å²) in [6.45, 7) is 14.3. The summed E-state index contributed by atoms with van der Waals surface area (Å²) < 4.78 is 10.6. The van der Waals surface area contributed by atoms with Crippen molar-refractivity contribution in [2.75, 3.05) is 0 Å². The first-order valence-corrected chi connectivity index (χ1v) is 5.42. The highest BCUT2D eigenvalue weighted by molar-refractivity contribution is 5.61. The smallest absolute Gasteiger partial charge is 0.431 e. The summed E-state index contributed by atoms with van der Waals surface area (Å²) in [6, 6.07) is 0. The lowest BCUT2D eigenvalue weighted by Crippen LogP contribution is -2.52. The highest BCUT2D eigenvalue weighted by Crippen LogP contribution is 2.52. The van der Waals surface area contributed by atoms with Crippen LogP contribution in [0.25, 0.3) is 0 Å². The summed E-state index contributed by atoms with van der Waals surface area (Å²) in [5, 5.41) is 0. The van der Waals surface area contributed by atoms with E-state index >= 15 is 0 Å². The van der Waals surface area contributed by atoms with E-state index in [1.165, 1.54) is 0 Å². The molecule has 0 amide bonds. The average Bonchev–Trinajstić information content (AvgIpc) is 2.03. The number of ether oxygens (including phenoxy) is 2. The van der Waals surface area contributed by atoms with E-state index in [0.717, 1.165) is 0 Å². The highest BCUT2D eigenvalue weighted by Gasteiger charge is 2.56. The van der Waals surface area contributed by atoms with Crippen molar-refractivity contribution in [1.29, 1.82) is 0 Å². The average molecular weight is 214 g/mol. The quantitative estimate of drug-likeness (QED) is 0.580. The first kappa shape index (κ1) is 12.3. The predicted molar refractivity (Wildman–Crippen MR) is 58.7 cm³/mol. The van der Waals surface area contributed by atoms with Gasteiger partial charge < -0.3 is 9.47 Å². The molecule has 1 fully saturated rings. The lowest BCUT2D eigenvalue weighted by Gasteiger charge is -2.49. The third-order valence-electron chi connectivity index (χ3n) is 4.74. The van der Waals surface area contributed by atoms with Gasteiger partial charge in [0.05, 0.1) is 0 Å². The van der Waals surface area contributed by atoms with Crippen molar-refractivity contribution < 1.29 is 14.3 Å². The van der Waals surface area contributed by atoms with Gasteiger partial charge in [0.15, 0.2) is 0 Å². The maximum absolute atomic E-state index is 11.4. The minimum atomic E-state index is -0.564. The molecular weight excluding hydrogens is 192 g/mol. The second kappa shape index (κ2) is 3.13. The zero-order valence-corrected chi connectivity index (χ0v) is 10.8. The van der Waals surface area contributed by atoms with Crippen LogP contribution >= 0.6 is 0 Å². The SMILES string of the molecule is CC1OC(=O)OC(C)(C)C(C)(C)C1(C)C. The Labute approximate surface area is 92.1 Å². The summed E-state index contributed by atoms with van der Waals surface area (Å²) in [4.78, 5) is 11.4. The largest absolute Gasteiger partial charge is 0.509 e. The maximum Gasteiger partial charge on any atom is 0.509 e. The Balaban J connectivity index is 3.24. The molecule has 0 saturated carbocycles. The van der Waals surface area contributed by atoms with Gasteiger partial charge in [0.25, 0.3) is 0 Å². The molecule has 0 spiro atoms. The summed E-state index contributed by atoms with van der Waals surface area (Å²) >= 11 is 0. The Morgan fingerprint density at radius 2 is 1.53 bits per heavy atom. The van der Waals surface area contributed by atoms with E-state index in [1.54, 1.807) is 0 Å². The minimum Gasteiger partial charge on any atom is -0.431 e. The molecule has 1 rings (SSSR count). The van der Waals surface area contributed by atoms with Crippen LogP contribution in [0.5, 0.6) is 0 Å². The van der Waals surface area contributed by atoms with Crippen molar-refractivity contribution >= 4 is 6.16 Å².